The molecule has 160 valence electrons. The second kappa shape index (κ2) is 10.4. The lowest BCUT2D eigenvalue weighted by molar-refractivity contribution is 0.0684. The van der Waals surface area contributed by atoms with Crippen molar-refractivity contribution in [3.63, 3.8) is 0 Å². The second-order valence-corrected chi connectivity index (χ2v) is 9.48. The summed E-state index contributed by atoms with van der Waals surface area (Å²) in [6.07, 6.45) is 12.6. The molecule has 3 N–H and O–H groups in total. The highest BCUT2D eigenvalue weighted by molar-refractivity contribution is 5.74. The summed E-state index contributed by atoms with van der Waals surface area (Å²) < 4.78 is 5.62. The van der Waals surface area contributed by atoms with Crippen LogP contribution in [-0.4, -0.2) is 36.4 Å². The van der Waals surface area contributed by atoms with E-state index in [1.165, 1.54) is 19.3 Å². The van der Waals surface area contributed by atoms with Crippen LogP contribution in [0.25, 0.3) is 0 Å². The van der Waals surface area contributed by atoms with E-state index in [-0.39, 0.29) is 30.3 Å². The van der Waals surface area contributed by atoms with Gasteiger partial charge in [0.15, 0.2) is 0 Å². The number of amides is 3. The summed E-state index contributed by atoms with van der Waals surface area (Å²) in [5.41, 5.74) is 0. The summed E-state index contributed by atoms with van der Waals surface area (Å²) in [7, 11) is 0. The van der Waals surface area contributed by atoms with Gasteiger partial charge >= 0.3 is 12.1 Å². The van der Waals surface area contributed by atoms with Crippen LogP contribution in [0.15, 0.2) is 0 Å². The van der Waals surface area contributed by atoms with Gasteiger partial charge in [0.1, 0.15) is 6.10 Å². The largest absolute Gasteiger partial charge is 0.446 e. The van der Waals surface area contributed by atoms with E-state index in [1.54, 1.807) is 0 Å². The number of nitrogens with one attached hydrogen (secondary N) is 3. The molecule has 3 unspecified atom stereocenters. The van der Waals surface area contributed by atoms with Crippen LogP contribution in [0.5, 0.6) is 0 Å². The second-order valence-electron chi connectivity index (χ2n) is 9.48. The average Bonchev–Trinajstić information content (AvgIpc) is 2.67. The van der Waals surface area contributed by atoms with Gasteiger partial charge in [0, 0.05) is 18.1 Å². The van der Waals surface area contributed by atoms with Crippen molar-refractivity contribution in [2.75, 3.05) is 0 Å². The maximum absolute atomic E-state index is 12.4. The molecule has 0 spiro atoms. The summed E-state index contributed by atoms with van der Waals surface area (Å²) in [5, 5.41) is 9.36. The number of carbonyl (C=O) groups excluding carboxylic acids is 2. The fraction of sp³-hybridized carbons (Fsp3) is 0.909. The molecule has 3 rings (SSSR count). The molecule has 0 bridgehead atoms. The predicted octanol–water partition coefficient (Wildman–Crippen LogP) is 4.48. The maximum atomic E-state index is 12.4. The standard InChI is InChI=1S/C22H39N3O3/c1-15-8-11-17(12-9-15)23-21(26)24-18-13-10-16(2)20(14-18)25-22(27)28-19-6-4-3-5-7-19/h15-20H,3-14H2,1-2H3,(H,25,27)(H2,23,24,26). The van der Waals surface area contributed by atoms with Crippen molar-refractivity contribution in [2.24, 2.45) is 11.8 Å². The van der Waals surface area contributed by atoms with Gasteiger partial charge in [-0.3, -0.25) is 0 Å². The van der Waals surface area contributed by atoms with Crippen molar-refractivity contribution < 1.29 is 14.3 Å². The fourth-order valence-corrected chi connectivity index (χ4v) is 4.99. The molecule has 6 heteroatoms. The molecule has 28 heavy (non-hydrogen) atoms. The molecule has 3 atom stereocenters. The molecule has 0 radical (unpaired) electrons. The van der Waals surface area contributed by atoms with Gasteiger partial charge in [-0.1, -0.05) is 20.3 Å². The average molecular weight is 394 g/mol. The van der Waals surface area contributed by atoms with Crippen molar-refractivity contribution in [3.8, 4) is 0 Å². The molecular weight excluding hydrogens is 354 g/mol. The van der Waals surface area contributed by atoms with Crippen LogP contribution in [0.1, 0.15) is 90.9 Å². The SMILES string of the molecule is CC1CCC(NC(=O)NC2CCC(C)C(NC(=O)OC3CCCCC3)C2)CC1. The van der Waals surface area contributed by atoms with Gasteiger partial charge < -0.3 is 20.7 Å². The van der Waals surface area contributed by atoms with Gasteiger partial charge in [0.25, 0.3) is 0 Å². The smallest absolute Gasteiger partial charge is 0.407 e. The zero-order valence-corrected chi connectivity index (χ0v) is 17.7. The van der Waals surface area contributed by atoms with Gasteiger partial charge in [-0.15, -0.1) is 0 Å². The van der Waals surface area contributed by atoms with Crippen LogP contribution in [0.4, 0.5) is 9.59 Å². The summed E-state index contributed by atoms with van der Waals surface area (Å²) in [6, 6.07) is 0.421. The molecule has 3 aliphatic carbocycles. The number of hydrogen-bond acceptors (Lipinski definition) is 3. The summed E-state index contributed by atoms with van der Waals surface area (Å²) in [5.74, 6) is 1.18. The van der Waals surface area contributed by atoms with Crippen molar-refractivity contribution in [1.82, 2.24) is 16.0 Å². The molecule has 0 saturated heterocycles. The Morgan fingerprint density at radius 3 is 2.11 bits per heavy atom. The number of alkyl carbamates (subject to hydrolysis) is 1. The molecule has 0 aliphatic heterocycles. The molecule has 3 amide bonds. The lowest BCUT2D eigenvalue weighted by Gasteiger charge is -2.36. The summed E-state index contributed by atoms with van der Waals surface area (Å²) in [6.45, 7) is 4.46. The van der Waals surface area contributed by atoms with Crippen molar-refractivity contribution in [2.45, 2.75) is 115 Å². The van der Waals surface area contributed by atoms with Gasteiger partial charge in [-0.25, -0.2) is 9.59 Å². The highest BCUT2D eigenvalue weighted by Crippen LogP contribution is 2.26. The van der Waals surface area contributed by atoms with Gasteiger partial charge in [0.05, 0.1) is 0 Å². The number of carbonyl (C=O) groups is 2. The Kier molecular flexibility index (Phi) is 7.86. The first-order valence-electron chi connectivity index (χ1n) is 11.5. The molecule has 3 saturated carbocycles. The molecule has 0 aromatic rings. The minimum Gasteiger partial charge on any atom is -0.446 e. The van der Waals surface area contributed by atoms with Gasteiger partial charge in [-0.05, 0) is 82.5 Å². The third-order valence-electron chi connectivity index (χ3n) is 7.01. The minimum absolute atomic E-state index is 0.0531. The first kappa shape index (κ1) is 21.3. The van der Waals surface area contributed by atoms with E-state index in [0.717, 1.165) is 63.7 Å². The Morgan fingerprint density at radius 2 is 1.39 bits per heavy atom. The van der Waals surface area contributed by atoms with Gasteiger partial charge in [0.2, 0.25) is 0 Å². The maximum Gasteiger partial charge on any atom is 0.407 e. The third kappa shape index (κ3) is 6.56. The van der Waals surface area contributed by atoms with E-state index < -0.39 is 0 Å². The molecule has 3 fully saturated rings. The Morgan fingerprint density at radius 1 is 0.750 bits per heavy atom. The molecule has 0 aromatic heterocycles. The summed E-state index contributed by atoms with van der Waals surface area (Å²) >= 11 is 0. The fourth-order valence-electron chi connectivity index (χ4n) is 4.99. The monoisotopic (exact) mass is 393 g/mol. The third-order valence-corrected chi connectivity index (χ3v) is 7.01. The molecule has 0 heterocycles. The van der Waals surface area contributed by atoms with E-state index in [1.807, 2.05) is 0 Å². The number of hydrogen-bond donors (Lipinski definition) is 3. The minimum atomic E-state index is -0.287. The van der Waals surface area contributed by atoms with Crippen LogP contribution in [0.2, 0.25) is 0 Å². The van der Waals surface area contributed by atoms with Crippen molar-refractivity contribution in [1.29, 1.82) is 0 Å². The highest BCUT2D eigenvalue weighted by Gasteiger charge is 2.31. The van der Waals surface area contributed by atoms with Crippen LogP contribution in [-0.2, 0) is 4.74 Å². The first-order chi connectivity index (χ1) is 13.5. The van der Waals surface area contributed by atoms with Gasteiger partial charge in [-0.2, -0.15) is 0 Å². The quantitative estimate of drug-likeness (QED) is 0.659. The first-order valence-corrected chi connectivity index (χ1v) is 11.5. The van der Waals surface area contributed by atoms with Crippen LogP contribution >= 0.6 is 0 Å². The number of urea groups is 1. The lowest BCUT2D eigenvalue weighted by atomic mass is 9.83. The molecular formula is C22H39N3O3. The van der Waals surface area contributed by atoms with Crippen LogP contribution in [0.3, 0.4) is 0 Å². The Hall–Kier alpha value is -1.46. The van der Waals surface area contributed by atoms with E-state index in [9.17, 15) is 9.59 Å². The molecule has 6 nitrogen and oxygen atoms in total. The lowest BCUT2D eigenvalue weighted by Crippen LogP contribution is -2.52. The van der Waals surface area contributed by atoms with E-state index in [2.05, 4.69) is 29.8 Å². The van der Waals surface area contributed by atoms with E-state index in [4.69, 9.17) is 4.74 Å². The number of rotatable bonds is 4. The van der Waals surface area contributed by atoms with E-state index >= 15 is 0 Å². The van der Waals surface area contributed by atoms with Crippen LogP contribution in [0, 0.1) is 11.8 Å². The number of ether oxygens (including phenoxy) is 1. The highest BCUT2D eigenvalue weighted by atomic mass is 16.6. The Balaban J connectivity index is 1.40. The van der Waals surface area contributed by atoms with Crippen molar-refractivity contribution >= 4 is 12.1 Å². The molecule has 3 aliphatic rings. The zero-order valence-electron chi connectivity index (χ0n) is 17.7. The Labute approximate surface area is 169 Å². The Bertz CT molecular complexity index is 513. The zero-order chi connectivity index (χ0) is 19.9. The predicted molar refractivity (Wildman–Crippen MR) is 110 cm³/mol. The van der Waals surface area contributed by atoms with Crippen LogP contribution < -0.4 is 16.0 Å². The van der Waals surface area contributed by atoms with E-state index in [0.29, 0.717) is 12.0 Å². The normalized spacial score (nSPS) is 34.3. The summed E-state index contributed by atoms with van der Waals surface area (Å²) in [4.78, 5) is 24.7. The van der Waals surface area contributed by atoms with Crippen molar-refractivity contribution in [3.05, 3.63) is 0 Å². The molecule has 0 aromatic carbocycles. The topological polar surface area (TPSA) is 79.5 Å².